The van der Waals surface area contributed by atoms with Crippen molar-refractivity contribution in [2.75, 3.05) is 26.2 Å². The first-order valence-electron chi connectivity index (χ1n) is 11.1. The van der Waals surface area contributed by atoms with Crippen molar-refractivity contribution in [3.8, 4) is 0 Å². The summed E-state index contributed by atoms with van der Waals surface area (Å²) in [6.07, 6.45) is 5.20. The number of nitrogens with zero attached hydrogens (tertiary/aromatic N) is 1. The van der Waals surface area contributed by atoms with Crippen molar-refractivity contribution in [3.05, 3.63) is 35.9 Å². The zero-order valence-electron chi connectivity index (χ0n) is 17.4. The molecule has 2 saturated carbocycles. The summed E-state index contributed by atoms with van der Waals surface area (Å²) in [5.41, 5.74) is 1.79. The largest absolute Gasteiger partial charge is 0.385 e. The van der Waals surface area contributed by atoms with E-state index in [2.05, 4.69) is 51.1 Å². The number of ether oxygens (including phenoxy) is 1. The molecule has 1 aromatic carbocycles. The Labute approximate surface area is 165 Å². The summed E-state index contributed by atoms with van der Waals surface area (Å²) in [4.78, 5) is 0. The van der Waals surface area contributed by atoms with Gasteiger partial charge in [0.05, 0.1) is 25.8 Å². The Morgan fingerprint density at radius 1 is 1.11 bits per heavy atom. The van der Waals surface area contributed by atoms with Crippen LogP contribution in [0.25, 0.3) is 0 Å². The van der Waals surface area contributed by atoms with Crippen molar-refractivity contribution in [1.29, 1.82) is 0 Å². The molecular weight excluding hydrogens is 334 g/mol. The van der Waals surface area contributed by atoms with Crippen molar-refractivity contribution in [3.63, 3.8) is 0 Å². The third-order valence-corrected chi connectivity index (χ3v) is 8.20. The van der Waals surface area contributed by atoms with Crippen LogP contribution in [0.2, 0.25) is 0 Å². The molecule has 3 aliphatic rings. The van der Waals surface area contributed by atoms with Gasteiger partial charge >= 0.3 is 0 Å². The fourth-order valence-electron chi connectivity index (χ4n) is 6.87. The normalized spacial score (nSPS) is 34.8. The van der Waals surface area contributed by atoms with Crippen molar-refractivity contribution in [2.24, 2.45) is 23.2 Å². The Morgan fingerprint density at radius 3 is 2.41 bits per heavy atom. The average molecular weight is 373 g/mol. The number of aliphatic hydroxyl groups is 1. The van der Waals surface area contributed by atoms with Gasteiger partial charge in [-0.15, -0.1) is 0 Å². The van der Waals surface area contributed by atoms with Gasteiger partial charge in [0.15, 0.2) is 0 Å². The van der Waals surface area contributed by atoms with E-state index in [9.17, 15) is 5.11 Å². The number of benzene rings is 1. The number of rotatable bonds is 7. The Bertz CT molecular complexity index is 623. The maximum absolute atomic E-state index is 10.9. The van der Waals surface area contributed by atoms with Crippen LogP contribution in [0.4, 0.5) is 0 Å². The summed E-state index contributed by atoms with van der Waals surface area (Å²) in [6.45, 7) is 12.0. The zero-order chi connectivity index (χ0) is 19.1. The third-order valence-electron chi connectivity index (χ3n) is 8.20. The van der Waals surface area contributed by atoms with Crippen LogP contribution in [0.5, 0.6) is 0 Å². The van der Waals surface area contributed by atoms with Crippen LogP contribution >= 0.6 is 0 Å². The minimum atomic E-state index is -0.360. The maximum atomic E-state index is 10.9. The van der Waals surface area contributed by atoms with Gasteiger partial charge in [-0.05, 0) is 36.0 Å². The van der Waals surface area contributed by atoms with Gasteiger partial charge in [0, 0.05) is 18.4 Å². The van der Waals surface area contributed by atoms with E-state index in [1.807, 2.05) is 0 Å². The molecule has 1 aromatic rings. The van der Waals surface area contributed by atoms with Gasteiger partial charge in [0.25, 0.3) is 0 Å². The molecule has 3 nitrogen and oxygen atoms in total. The van der Waals surface area contributed by atoms with Crippen LogP contribution in [-0.2, 0) is 11.3 Å². The highest BCUT2D eigenvalue weighted by molar-refractivity contribution is 5.13. The maximum Gasteiger partial charge on any atom is 0.126 e. The van der Waals surface area contributed by atoms with E-state index in [1.54, 1.807) is 0 Å². The van der Waals surface area contributed by atoms with Crippen LogP contribution in [0.1, 0.15) is 52.0 Å². The molecule has 0 aromatic heterocycles. The minimum Gasteiger partial charge on any atom is -0.385 e. The Balaban J connectivity index is 1.35. The number of fused-ring (bicyclic) bond motifs is 2. The molecule has 0 spiro atoms. The molecule has 0 unspecified atom stereocenters. The van der Waals surface area contributed by atoms with E-state index in [0.29, 0.717) is 30.0 Å². The summed E-state index contributed by atoms with van der Waals surface area (Å²) in [5.74, 6) is 2.09. The topological polar surface area (TPSA) is 29.5 Å². The molecule has 2 aliphatic carbocycles. The molecule has 2 bridgehead atoms. The van der Waals surface area contributed by atoms with Gasteiger partial charge in [-0.1, -0.05) is 51.1 Å². The number of hydrogen-bond donors (Lipinski definition) is 1. The van der Waals surface area contributed by atoms with Gasteiger partial charge in [-0.25, -0.2) is 0 Å². The van der Waals surface area contributed by atoms with Crippen LogP contribution in [0.3, 0.4) is 0 Å². The quantitative estimate of drug-likeness (QED) is 0.725. The summed E-state index contributed by atoms with van der Waals surface area (Å²) < 4.78 is 7.41. The van der Waals surface area contributed by atoms with E-state index in [-0.39, 0.29) is 6.10 Å². The number of hydrogen-bond acceptors (Lipinski definition) is 2. The van der Waals surface area contributed by atoms with Gasteiger partial charge < -0.3 is 14.3 Å². The standard InChI is InChI=1S/C24H38NO2/c1-18-21-11-12-22(24(21,2)3)23(18)27-17-20(26)16-25(13-7-8-14-25)15-19-9-5-4-6-10-19/h4-6,9-10,18,20-23,26H,7-8,11-17H2,1-3H3/q+1/t18-,20-,21-,22-,23-/m0/s1. The lowest BCUT2D eigenvalue weighted by Crippen LogP contribution is -2.50. The van der Waals surface area contributed by atoms with Crippen LogP contribution in [-0.4, -0.2) is 48.0 Å². The highest BCUT2D eigenvalue weighted by Crippen LogP contribution is 2.60. The van der Waals surface area contributed by atoms with Gasteiger partial charge in [-0.3, -0.25) is 0 Å². The fraction of sp³-hybridized carbons (Fsp3) is 0.750. The molecule has 0 amide bonds. The number of quaternary nitrogens is 1. The van der Waals surface area contributed by atoms with Crippen LogP contribution < -0.4 is 0 Å². The predicted molar refractivity (Wildman–Crippen MR) is 109 cm³/mol. The molecule has 3 heteroatoms. The minimum absolute atomic E-state index is 0.342. The first-order chi connectivity index (χ1) is 12.9. The third kappa shape index (κ3) is 3.71. The molecule has 0 radical (unpaired) electrons. The van der Waals surface area contributed by atoms with Crippen molar-refractivity contribution < 1.29 is 14.3 Å². The second-order valence-corrected chi connectivity index (χ2v) is 10.2. The monoisotopic (exact) mass is 372 g/mol. The van der Waals surface area contributed by atoms with Crippen molar-refractivity contribution in [2.45, 2.75) is 65.2 Å². The molecule has 1 heterocycles. The van der Waals surface area contributed by atoms with Crippen LogP contribution in [0, 0.1) is 23.2 Å². The second-order valence-electron chi connectivity index (χ2n) is 10.2. The summed E-state index contributed by atoms with van der Waals surface area (Å²) in [7, 11) is 0. The summed E-state index contributed by atoms with van der Waals surface area (Å²) >= 11 is 0. The molecule has 3 fully saturated rings. The Kier molecular flexibility index (Phi) is 5.39. The smallest absolute Gasteiger partial charge is 0.126 e. The van der Waals surface area contributed by atoms with Gasteiger partial charge in [0.2, 0.25) is 0 Å². The summed E-state index contributed by atoms with van der Waals surface area (Å²) in [5, 5.41) is 10.9. The molecule has 1 N–H and O–H groups in total. The molecular formula is C24H38NO2+. The van der Waals surface area contributed by atoms with E-state index < -0.39 is 0 Å². The molecule has 27 heavy (non-hydrogen) atoms. The molecule has 150 valence electrons. The molecule has 4 rings (SSSR count). The Hall–Kier alpha value is -0.900. The predicted octanol–water partition coefficient (Wildman–Crippen LogP) is 4.25. The number of aliphatic hydroxyl groups excluding tert-OH is 1. The van der Waals surface area contributed by atoms with Gasteiger partial charge in [-0.2, -0.15) is 0 Å². The second kappa shape index (κ2) is 7.50. The van der Waals surface area contributed by atoms with Crippen molar-refractivity contribution in [1.82, 2.24) is 0 Å². The van der Waals surface area contributed by atoms with E-state index in [4.69, 9.17) is 4.74 Å². The van der Waals surface area contributed by atoms with E-state index >= 15 is 0 Å². The fourth-order valence-corrected chi connectivity index (χ4v) is 6.87. The zero-order valence-corrected chi connectivity index (χ0v) is 17.4. The SMILES string of the molecule is C[C@@H]1[C@H](OC[C@@H](O)C[N+]2(Cc3ccccc3)CCCC2)[C@@H]2CC[C@@H]1C2(C)C. The lowest BCUT2D eigenvalue weighted by Gasteiger charge is -2.37. The van der Waals surface area contributed by atoms with Crippen LogP contribution in [0.15, 0.2) is 30.3 Å². The highest BCUT2D eigenvalue weighted by atomic mass is 16.5. The molecule has 5 atom stereocenters. The lowest BCUT2D eigenvalue weighted by atomic mass is 9.80. The lowest BCUT2D eigenvalue weighted by molar-refractivity contribution is -0.932. The highest BCUT2D eigenvalue weighted by Gasteiger charge is 2.58. The van der Waals surface area contributed by atoms with Crippen molar-refractivity contribution >= 4 is 0 Å². The summed E-state index contributed by atoms with van der Waals surface area (Å²) in [6, 6.07) is 10.8. The van der Waals surface area contributed by atoms with Gasteiger partial charge in [0.1, 0.15) is 19.2 Å². The molecule has 1 aliphatic heterocycles. The average Bonchev–Trinajstić information content (AvgIpc) is 3.25. The Morgan fingerprint density at radius 2 is 1.78 bits per heavy atom. The first-order valence-corrected chi connectivity index (χ1v) is 11.1. The van der Waals surface area contributed by atoms with E-state index in [1.165, 1.54) is 44.3 Å². The molecule has 1 saturated heterocycles. The van der Waals surface area contributed by atoms with E-state index in [0.717, 1.165) is 23.5 Å². The first kappa shape index (κ1) is 19.4. The number of likely N-dealkylation sites (tertiary alicyclic amines) is 1.